The Kier molecular flexibility index (Phi) is 3.09. The molecule has 2 aromatic carbocycles. The van der Waals surface area contributed by atoms with Crippen LogP contribution in [0.2, 0.25) is 0 Å². The second kappa shape index (κ2) is 5.13. The summed E-state index contributed by atoms with van der Waals surface area (Å²) in [5, 5.41) is 3.52. The summed E-state index contributed by atoms with van der Waals surface area (Å²) in [5.74, 6) is -1.83. The lowest BCUT2D eigenvalue weighted by molar-refractivity contribution is 0.0998. The highest BCUT2D eigenvalue weighted by molar-refractivity contribution is 7.22. The van der Waals surface area contributed by atoms with Crippen molar-refractivity contribution in [2.75, 3.05) is 5.32 Å². The van der Waals surface area contributed by atoms with Crippen LogP contribution in [0.25, 0.3) is 21.2 Å². The summed E-state index contributed by atoms with van der Waals surface area (Å²) in [6, 6.07) is 10.8. The Morgan fingerprint density at radius 3 is 2.83 bits per heavy atom. The molecule has 0 radical (unpaired) electrons. The molecule has 0 spiro atoms. The first-order valence-corrected chi connectivity index (χ1v) is 7.47. The lowest BCUT2D eigenvalue weighted by Gasteiger charge is -1.96. The second-order valence-corrected chi connectivity index (χ2v) is 5.89. The summed E-state index contributed by atoms with van der Waals surface area (Å²) in [6.45, 7) is 0. The molecule has 2 heterocycles. The molecule has 0 fully saturated rings. The normalized spacial score (nSPS) is 11.2. The number of furan rings is 1. The molecule has 2 aromatic heterocycles. The molecular formula is C16H8F2N2O2S. The van der Waals surface area contributed by atoms with E-state index in [0.717, 1.165) is 22.8 Å². The number of hydrogen-bond donors (Lipinski definition) is 1. The fourth-order valence-electron chi connectivity index (χ4n) is 2.26. The molecule has 114 valence electrons. The van der Waals surface area contributed by atoms with Crippen LogP contribution in [0.3, 0.4) is 0 Å². The van der Waals surface area contributed by atoms with Crippen molar-refractivity contribution in [3.05, 3.63) is 59.9 Å². The number of rotatable bonds is 2. The Balaban J connectivity index is 1.67. The molecule has 7 heteroatoms. The van der Waals surface area contributed by atoms with Crippen molar-refractivity contribution in [3.63, 3.8) is 0 Å². The van der Waals surface area contributed by atoms with Gasteiger partial charge in [0.05, 0.1) is 4.70 Å². The van der Waals surface area contributed by atoms with Gasteiger partial charge in [-0.2, -0.15) is 0 Å². The van der Waals surface area contributed by atoms with Crippen molar-refractivity contribution in [2.24, 2.45) is 0 Å². The van der Waals surface area contributed by atoms with Crippen LogP contribution >= 0.6 is 11.3 Å². The molecule has 0 saturated carbocycles. The minimum absolute atomic E-state index is 0.0244. The van der Waals surface area contributed by atoms with E-state index in [9.17, 15) is 13.6 Å². The Hall–Kier alpha value is -2.80. The summed E-state index contributed by atoms with van der Waals surface area (Å²) in [4.78, 5) is 16.2. The summed E-state index contributed by atoms with van der Waals surface area (Å²) in [5.41, 5.74) is 0.617. The first-order chi connectivity index (χ1) is 11.1. The number of hydrogen-bond acceptors (Lipinski definition) is 4. The lowest BCUT2D eigenvalue weighted by Crippen LogP contribution is -2.10. The van der Waals surface area contributed by atoms with E-state index >= 15 is 0 Å². The van der Waals surface area contributed by atoms with Gasteiger partial charge in [-0.05, 0) is 18.2 Å². The van der Waals surface area contributed by atoms with Crippen LogP contribution in [0.5, 0.6) is 0 Å². The number of halogens is 2. The number of amides is 1. The van der Waals surface area contributed by atoms with Crippen LogP contribution in [0.15, 0.2) is 46.9 Å². The minimum Gasteiger partial charge on any atom is -0.451 e. The van der Waals surface area contributed by atoms with Crippen molar-refractivity contribution >= 4 is 43.6 Å². The van der Waals surface area contributed by atoms with Gasteiger partial charge in [0.2, 0.25) is 0 Å². The fraction of sp³-hybridized carbons (Fsp3) is 0. The first-order valence-electron chi connectivity index (χ1n) is 6.66. The third-order valence-corrected chi connectivity index (χ3v) is 4.20. The SMILES string of the molecule is O=C(Nc1nc2c(F)cc(F)cc2s1)c1cc2ccccc2o1. The lowest BCUT2D eigenvalue weighted by atomic mass is 10.2. The van der Waals surface area contributed by atoms with Crippen LogP contribution < -0.4 is 5.32 Å². The minimum atomic E-state index is -0.763. The van der Waals surface area contributed by atoms with E-state index in [1.54, 1.807) is 18.2 Å². The van der Waals surface area contributed by atoms with E-state index in [1.165, 1.54) is 6.07 Å². The number of nitrogens with zero attached hydrogens (tertiary/aromatic N) is 1. The molecule has 1 N–H and O–H groups in total. The molecule has 0 aliphatic carbocycles. The average molecular weight is 330 g/mol. The maximum absolute atomic E-state index is 13.6. The fourth-order valence-corrected chi connectivity index (χ4v) is 3.16. The van der Waals surface area contributed by atoms with Crippen LogP contribution in [0, 0.1) is 11.6 Å². The van der Waals surface area contributed by atoms with E-state index < -0.39 is 17.5 Å². The van der Waals surface area contributed by atoms with Gasteiger partial charge in [0.1, 0.15) is 16.9 Å². The van der Waals surface area contributed by atoms with Crippen LogP contribution in [0.1, 0.15) is 10.6 Å². The number of anilines is 1. The van der Waals surface area contributed by atoms with Gasteiger partial charge in [-0.15, -0.1) is 0 Å². The standard InChI is InChI=1S/C16H8F2N2O2S/c17-9-6-10(18)14-13(7-9)23-16(19-14)20-15(21)12-5-8-3-1-2-4-11(8)22-12/h1-7H,(H,19,20,21). The summed E-state index contributed by atoms with van der Waals surface area (Å²) < 4.78 is 32.6. The van der Waals surface area contributed by atoms with Crippen molar-refractivity contribution in [3.8, 4) is 0 Å². The van der Waals surface area contributed by atoms with Gasteiger partial charge in [0.25, 0.3) is 5.91 Å². The second-order valence-electron chi connectivity index (χ2n) is 4.86. The first kappa shape index (κ1) is 13.8. The average Bonchev–Trinajstić information content (AvgIpc) is 3.10. The maximum atomic E-state index is 13.6. The van der Waals surface area contributed by atoms with Crippen LogP contribution in [0.4, 0.5) is 13.9 Å². The number of fused-ring (bicyclic) bond motifs is 2. The Bertz CT molecular complexity index is 1020. The van der Waals surface area contributed by atoms with Gasteiger partial charge in [0, 0.05) is 11.5 Å². The largest absolute Gasteiger partial charge is 0.451 e. The number of para-hydroxylation sites is 1. The Morgan fingerprint density at radius 2 is 2.00 bits per heavy atom. The summed E-state index contributed by atoms with van der Waals surface area (Å²) in [7, 11) is 0. The van der Waals surface area contributed by atoms with Gasteiger partial charge in [-0.25, -0.2) is 13.8 Å². The molecule has 4 nitrogen and oxygen atoms in total. The van der Waals surface area contributed by atoms with Gasteiger partial charge < -0.3 is 4.42 Å². The molecule has 23 heavy (non-hydrogen) atoms. The number of thiazole rings is 1. The number of benzene rings is 2. The molecular weight excluding hydrogens is 322 g/mol. The molecule has 0 atom stereocenters. The number of carbonyl (C=O) groups is 1. The van der Waals surface area contributed by atoms with Crippen molar-refractivity contribution in [1.29, 1.82) is 0 Å². The van der Waals surface area contributed by atoms with Crippen LogP contribution in [-0.2, 0) is 0 Å². The number of carbonyl (C=O) groups excluding carboxylic acids is 1. The zero-order valence-corrected chi connectivity index (χ0v) is 12.3. The van der Waals surface area contributed by atoms with E-state index in [1.807, 2.05) is 12.1 Å². The third kappa shape index (κ3) is 2.44. The molecule has 0 unspecified atom stereocenters. The molecule has 0 aliphatic rings. The predicted octanol–water partition coefficient (Wildman–Crippen LogP) is 4.57. The van der Waals surface area contributed by atoms with Gasteiger partial charge in [-0.1, -0.05) is 29.5 Å². The highest BCUT2D eigenvalue weighted by Crippen LogP contribution is 2.29. The van der Waals surface area contributed by atoms with E-state index in [-0.39, 0.29) is 16.4 Å². The Morgan fingerprint density at radius 1 is 1.17 bits per heavy atom. The molecule has 0 aliphatic heterocycles. The highest BCUT2D eigenvalue weighted by atomic mass is 32.1. The molecule has 4 rings (SSSR count). The smallest absolute Gasteiger partial charge is 0.293 e. The van der Waals surface area contributed by atoms with Crippen molar-refractivity contribution < 1.29 is 18.0 Å². The monoisotopic (exact) mass is 330 g/mol. The van der Waals surface area contributed by atoms with Crippen molar-refractivity contribution in [2.45, 2.75) is 0 Å². The highest BCUT2D eigenvalue weighted by Gasteiger charge is 2.16. The third-order valence-electron chi connectivity index (χ3n) is 3.28. The topological polar surface area (TPSA) is 55.1 Å². The summed E-state index contributed by atoms with van der Waals surface area (Å²) in [6.07, 6.45) is 0. The zero-order chi connectivity index (χ0) is 16.0. The van der Waals surface area contributed by atoms with Gasteiger partial charge >= 0.3 is 0 Å². The van der Waals surface area contributed by atoms with E-state index in [4.69, 9.17) is 4.42 Å². The van der Waals surface area contributed by atoms with Gasteiger partial charge in [0.15, 0.2) is 16.7 Å². The maximum Gasteiger partial charge on any atom is 0.293 e. The van der Waals surface area contributed by atoms with Crippen molar-refractivity contribution in [1.82, 2.24) is 4.98 Å². The van der Waals surface area contributed by atoms with Gasteiger partial charge in [-0.3, -0.25) is 10.1 Å². The molecule has 4 aromatic rings. The Labute approximate surface area is 132 Å². The number of aromatic nitrogens is 1. The molecule has 1 amide bonds. The number of nitrogens with one attached hydrogen (secondary N) is 1. The molecule has 0 bridgehead atoms. The van der Waals surface area contributed by atoms with E-state index in [2.05, 4.69) is 10.3 Å². The van der Waals surface area contributed by atoms with E-state index in [0.29, 0.717) is 10.3 Å². The summed E-state index contributed by atoms with van der Waals surface area (Å²) >= 11 is 0.991. The zero-order valence-electron chi connectivity index (χ0n) is 11.5. The quantitative estimate of drug-likeness (QED) is 0.585. The predicted molar refractivity (Wildman–Crippen MR) is 83.7 cm³/mol. The van der Waals surface area contributed by atoms with Crippen LogP contribution in [-0.4, -0.2) is 10.9 Å². The molecule has 0 saturated heterocycles.